The second-order valence-corrected chi connectivity index (χ2v) is 5.12. The van der Waals surface area contributed by atoms with Crippen LogP contribution in [-0.4, -0.2) is 16.1 Å². The van der Waals surface area contributed by atoms with E-state index in [1.165, 1.54) is 0 Å². The van der Waals surface area contributed by atoms with Gasteiger partial charge in [-0.1, -0.05) is 20.8 Å². The molecule has 0 bridgehead atoms. The van der Waals surface area contributed by atoms with Crippen LogP contribution >= 0.6 is 0 Å². The first kappa shape index (κ1) is 10.9. The first-order valence-corrected chi connectivity index (χ1v) is 5.36. The molecule has 0 aliphatic carbocycles. The molecule has 16 heavy (non-hydrogen) atoms. The van der Waals surface area contributed by atoms with Gasteiger partial charge in [-0.3, -0.25) is 9.48 Å². The third-order valence-corrected chi connectivity index (χ3v) is 2.70. The van der Waals surface area contributed by atoms with Gasteiger partial charge in [0, 0.05) is 23.4 Å². The molecule has 0 amide bonds. The molecule has 0 atom stereocenters. The maximum absolute atomic E-state index is 10.8. The van der Waals surface area contributed by atoms with Gasteiger partial charge < -0.3 is 0 Å². The Kier molecular flexibility index (Phi) is 2.34. The minimum atomic E-state index is 0.0189. The fourth-order valence-corrected chi connectivity index (χ4v) is 2.18. The van der Waals surface area contributed by atoms with E-state index in [0.717, 1.165) is 22.9 Å². The molecule has 0 aliphatic heterocycles. The first-order chi connectivity index (χ1) is 7.43. The van der Waals surface area contributed by atoms with Crippen LogP contribution in [0.3, 0.4) is 0 Å². The Hall–Kier alpha value is -1.64. The van der Waals surface area contributed by atoms with E-state index in [-0.39, 0.29) is 5.41 Å². The van der Waals surface area contributed by atoms with E-state index in [1.807, 2.05) is 23.9 Å². The molecule has 0 N–H and O–H groups in total. The van der Waals surface area contributed by atoms with Crippen molar-refractivity contribution in [2.24, 2.45) is 7.05 Å². The van der Waals surface area contributed by atoms with Crippen molar-refractivity contribution in [1.29, 1.82) is 0 Å². The number of carbonyl (C=O) groups excluding carboxylic acids is 1. The van der Waals surface area contributed by atoms with Crippen LogP contribution in [0, 0.1) is 0 Å². The average molecular weight is 216 g/mol. The van der Waals surface area contributed by atoms with Gasteiger partial charge in [-0.15, -0.1) is 0 Å². The van der Waals surface area contributed by atoms with Crippen molar-refractivity contribution < 1.29 is 4.79 Å². The Morgan fingerprint density at radius 1 is 1.31 bits per heavy atom. The second-order valence-electron chi connectivity index (χ2n) is 5.12. The van der Waals surface area contributed by atoms with Gasteiger partial charge in [-0.05, 0) is 18.2 Å². The smallest absolute Gasteiger partial charge is 0.150 e. The molecule has 0 aliphatic rings. The quantitative estimate of drug-likeness (QED) is 0.687. The molecule has 2 aromatic rings. The highest BCUT2D eigenvalue weighted by Gasteiger charge is 2.22. The van der Waals surface area contributed by atoms with E-state index in [4.69, 9.17) is 0 Å². The van der Waals surface area contributed by atoms with Crippen molar-refractivity contribution in [2.75, 3.05) is 0 Å². The number of hydrogen-bond donors (Lipinski definition) is 0. The van der Waals surface area contributed by atoms with E-state index in [1.54, 1.807) is 6.07 Å². The summed E-state index contributed by atoms with van der Waals surface area (Å²) in [5.74, 6) is 0. The Labute approximate surface area is 95.1 Å². The van der Waals surface area contributed by atoms with Gasteiger partial charge in [0.15, 0.2) is 0 Å². The van der Waals surface area contributed by atoms with Crippen molar-refractivity contribution in [1.82, 2.24) is 9.78 Å². The monoisotopic (exact) mass is 216 g/mol. The topological polar surface area (TPSA) is 34.9 Å². The highest BCUT2D eigenvalue weighted by molar-refractivity contribution is 5.89. The van der Waals surface area contributed by atoms with Gasteiger partial charge in [-0.2, -0.15) is 5.10 Å². The molecule has 0 saturated heterocycles. The number of nitrogens with zero attached hydrogens (tertiary/aromatic N) is 2. The summed E-state index contributed by atoms with van der Waals surface area (Å²) in [4.78, 5) is 10.8. The number of carbonyl (C=O) groups is 1. The van der Waals surface area contributed by atoms with E-state index in [0.29, 0.717) is 5.56 Å². The third kappa shape index (κ3) is 1.62. The normalized spacial score (nSPS) is 12.0. The van der Waals surface area contributed by atoms with E-state index >= 15 is 0 Å². The highest BCUT2D eigenvalue weighted by Crippen LogP contribution is 2.29. The SMILES string of the molecule is Cn1nc2ccc(C=O)cc2c1C(C)(C)C. The summed E-state index contributed by atoms with van der Waals surface area (Å²) in [5.41, 5.74) is 2.82. The lowest BCUT2D eigenvalue weighted by Gasteiger charge is -2.19. The maximum Gasteiger partial charge on any atom is 0.150 e. The molecule has 0 radical (unpaired) electrons. The van der Waals surface area contributed by atoms with Crippen molar-refractivity contribution >= 4 is 17.2 Å². The van der Waals surface area contributed by atoms with Gasteiger partial charge in [0.2, 0.25) is 0 Å². The zero-order chi connectivity index (χ0) is 11.9. The van der Waals surface area contributed by atoms with Crippen LogP contribution in [-0.2, 0) is 12.5 Å². The number of fused-ring (bicyclic) bond motifs is 1. The number of hydrogen-bond acceptors (Lipinski definition) is 2. The van der Waals surface area contributed by atoms with Gasteiger partial charge in [0.1, 0.15) is 6.29 Å². The zero-order valence-corrected chi connectivity index (χ0v) is 10.1. The molecule has 0 fully saturated rings. The van der Waals surface area contributed by atoms with Gasteiger partial charge in [0.25, 0.3) is 0 Å². The fraction of sp³-hybridized carbons (Fsp3) is 0.385. The van der Waals surface area contributed by atoms with Crippen molar-refractivity contribution in [3.8, 4) is 0 Å². The number of benzene rings is 1. The standard InChI is InChI=1S/C13H16N2O/c1-13(2,3)12-10-7-9(8-16)5-6-11(10)14-15(12)4/h5-8H,1-4H3. The molecular weight excluding hydrogens is 200 g/mol. The Bertz CT molecular complexity index is 547. The molecule has 84 valence electrons. The molecule has 0 unspecified atom stereocenters. The predicted octanol–water partition coefficient (Wildman–Crippen LogP) is 2.68. The second kappa shape index (κ2) is 3.44. The Morgan fingerprint density at radius 2 is 2.00 bits per heavy atom. The van der Waals surface area contributed by atoms with Crippen LogP contribution < -0.4 is 0 Å². The summed E-state index contributed by atoms with van der Waals surface area (Å²) in [6.07, 6.45) is 0.874. The first-order valence-electron chi connectivity index (χ1n) is 5.36. The van der Waals surface area contributed by atoms with Crippen LogP contribution in [0.25, 0.3) is 10.9 Å². The molecule has 2 rings (SSSR count). The lowest BCUT2D eigenvalue weighted by Crippen LogP contribution is -2.16. The number of aromatic nitrogens is 2. The third-order valence-electron chi connectivity index (χ3n) is 2.70. The lowest BCUT2D eigenvalue weighted by molar-refractivity contribution is 0.112. The van der Waals surface area contributed by atoms with Crippen LogP contribution in [0.15, 0.2) is 18.2 Å². The highest BCUT2D eigenvalue weighted by atomic mass is 16.1. The molecule has 0 saturated carbocycles. The van der Waals surface area contributed by atoms with Crippen LogP contribution in [0.4, 0.5) is 0 Å². The van der Waals surface area contributed by atoms with Crippen LogP contribution in [0.2, 0.25) is 0 Å². The molecule has 1 aromatic heterocycles. The molecule has 3 heteroatoms. The largest absolute Gasteiger partial charge is 0.298 e. The van der Waals surface area contributed by atoms with Crippen LogP contribution in [0.1, 0.15) is 36.8 Å². The van der Waals surface area contributed by atoms with E-state index in [9.17, 15) is 4.79 Å². The van der Waals surface area contributed by atoms with Gasteiger partial charge in [0.05, 0.1) is 11.2 Å². The van der Waals surface area contributed by atoms with Crippen molar-refractivity contribution in [3.63, 3.8) is 0 Å². The fourth-order valence-electron chi connectivity index (χ4n) is 2.18. The minimum absolute atomic E-state index is 0.0189. The molecule has 0 spiro atoms. The molecular formula is C13H16N2O. The summed E-state index contributed by atoms with van der Waals surface area (Å²) < 4.78 is 1.90. The Morgan fingerprint density at radius 3 is 2.56 bits per heavy atom. The van der Waals surface area contributed by atoms with E-state index in [2.05, 4.69) is 25.9 Å². The minimum Gasteiger partial charge on any atom is -0.298 e. The van der Waals surface area contributed by atoms with Gasteiger partial charge >= 0.3 is 0 Å². The zero-order valence-electron chi connectivity index (χ0n) is 10.1. The number of aldehydes is 1. The van der Waals surface area contributed by atoms with Crippen molar-refractivity contribution in [2.45, 2.75) is 26.2 Å². The summed E-state index contributed by atoms with van der Waals surface area (Å²) in [6.45, 7) is 6.45. The number of aryl methyl sites for hydroxylation is 1. The summed E-state index contributed by atoms with van der Waals surface area (Å²) >= 11 is 0. The summed E-state index contributed by atoms with van der Waals surface area (Å²) in [7, 11) is 1.95. The Balaban J connectivity index is 2.81. The molecule has 1 heterocycles. The van der Waals surface area contributed by atoms with E-state index < -0.39 is 0 Å². The van der Waals surface area contributed by atoms with Crippen molar-refractivity contribution in [3.05, 3.63) is 29.5 Å². The molecule has 3 nitrogen and oxygen atoms in total. The summed E-state index contributed by atoms with van der Waals surface area (Å²) in [6, 6.07) is 5.61. The maximum atomic E-state index is 10.8. The average Bonchev–Trinajstić information content (AvgIpc) is 2.51. The lowest BCUT2D eigenvalue weighted by atomic mass is 9.89. The molecule has 1 aromatic carbocycles. The summed E-state index contributed by atoms with van der Waals surface area (Å²) in [5, 5.41) is 5.52. The predicted molar refractivity (Wildman–Crippen MR) is 64.8 cm³/mol. The number of rotatable bonds is 1. The van der Waals surface area contributed by atoms with Crippen LogP contribution in [0.5, 0.6) is 0 Å². The van der Waals surface area contributed by atoms with Gasteiger partial charge in [-0.25, -0.2) is 0 Å².